The van der Waals surface area contributed by atoms with Gasteiger partial charge in [-0.25, -0.2) is 18.1 Å². The van der Waals surface area contributed by atoms with Gasteiger partial charge in [0, 0.05) is 44.8 Å². The molecule has 10 heteroatoms. The number of hydrogen-bond donors (Lipinski definition) is 1. The van der Waals surface area contributed by atoms with Gasteiger partial charge in [0.1, 0.15) is 14.8 Å². The van der Waals surface area contributed by atoms with E-state index in [9.17, 15) is 13.2 Å². The van der Waals surface area contributed by atoms with E-state index in [4.69, 9.17) is 0 Å². The number of carbonyl (C=O) groups excluding carboxylic acids is 1. The Morgan fingerprint density at radius 2 is 2.00 bits per heavy atom. The molecule has 0 aromatic carbocycles. The summed E-state index contributed by atoms with van der Waals surface area (Å²) in [6.07, 6.45) is 5.31. The molecule has 0 aliphatic carbocycles. The fourth-order valence-corrected chi connectivity index (χ4v) is 6.36. The van der Waals surface area contributed by atoms with Gasteiger partial charge in [0.15, 0.2) is 0 Å². The summed E-state index contributed by atoms with van der Waals surface area (Å²) in [5.74, 6) is 0.658. The van der Waals surface area contributed by atoms with Crippen molar-refractivity contribution in [1.82, 2.24) is 24.2 Å². The second kappa shape index (κ2) is 9.36. The highest BCUT2D eigenvalue weighted by Gasteiger charge is 2.27. The van der Waals surface area contributed by atoms with Crippen LogP contribution >= 0.6 is 11.3 Å². The molecule has 0 bridgehead atoms. The number of nitrogens with one attached hydrogen (secondary N) is 1. The number of pyridine rings is 1. The normalized spacial score (nSPS) is 15.2. The molecule has 0 atom stereocenters. The molecule has 0 unspecified atom stereocenters. The van der Waals surface area contributed by atoms with Gasteiger partial charge in [-0.2, -0.15) is 0 Å². The Morgan fingerprint density at radius 3 is 2.67 bits per heavy atom. The van der Waals surface area contributed by atoms with E-state index in [1.54, 1.807) is 31.5 Å². The molecule has 1 aliphatic heterocycles. The smallest absolute Gasteiger partial charge is 0.265 e. The van der Waals surface area contributed by atoms with E-state index in [0.717, 1.165) is 31.5 Å². The minimum atomic E-state index is -3.74. The predicted octanol–water partition coefficient (Wildman–Crippen LogP) is 3.51. The molecular formula is C23H29N5O3S2. The van der Waals surface area contributed by atoms with Crippen molar-refractivity contribution in [2.75, 3.05) is 13.1 Å². The zero-order valence-electron chi connectivity index (χ0n) is 19.3. The average molecular weight is 488 g/mol. The van der Waals surface area contributed by atoms with Crippen LogP contribution in [-0.2, 0) is 23.6 Å². The second-order valence-corrected chi connectivity index (χ2v) is 11.4. The molecule has 3 aromatic rings. The molecule has 1 saturated heterocycles. The Hall–Kier alpha value is -2.56. The predicted molar refractivity (Wildman–Crippen MR) is 129 cm³/mol. The van der Waals surface area contributed by atoms with E-state index < -0.39 is 10.0 Å². The summed E-state index contributed by atoms with van der Waals surface area (Å²) < 4.78 is 30.5. The summed E-state index contributed by atoms with van der Waals surface area (Å²) in [6.45, 7) is 7.50. The molecule has 8 nitrogen and oxygen atoms in total. The van der Waals surface area contributed by atoms with Crippen molar-refractivity contribution in [3.63, 3.8) is 0 Å². The lowest BCUT2D eigenvalue weighted by molar-refractivity contribution is 0.0701. The van der Waals surface area contributed by atoms with Gasteiger partial charge in [0.05, 0.1) is 11.4 Å². The number of carbonyl (C=O) groups is 1. The van der Waals surface area contributed by atoms with Crippen molar-refractivity contribution < 1.29 is 13.2 Å². The average Bonchev–Trinajstić information content (AvgIpc) is 3.33. The van der Waals surface area contributed by atoms with Crippen molar-refractivity contribution in [2.45, 2.75) is 45.1 Å². The monoisotopic (exact) mass is 487 g/mol. The van der Waals surface area contributed by atoms with Crippen molar-refractivity contribution in [1.29, 1.82) is 0 Å². The number of sulfonamides is 1. The molecule has 1 N–H and O–H groups in total. The molecule has 33 heavy (non-hydrogen) atoms. The van der Waals surface area contributed by atoms with Crippen LogP contribution in [0.25, 0.3) is 10.7 Å². The third-order valence-electron chi connectivity index (χ3n) is 6.25. The first-order valence-electron chi connectivity index (χ1n) is 11.0. The zero-order valence-corrected chi connectivity index (χ0v) is 21.0. The molecule has 0 saturated carbocycles. The van der Waals surface area contributed by atoms with Gasteiger partial charge >= 0.3 is 0 Å². The molecule has 0 spiro atoms. The fraction of sp³-hybridized carbons (Fsp3) is 0.435. The quantitative estimate of drug-likeness (QED) is 0.574. The molecule has 4 rings (SSSR count). The molecule has 0 radical (unpaired) electrons. The number of likely N-dealkylation sites (tertiary alicyclic amines) is 1. The second-order valence-electron chi connectivity index (χ2n) is 8.63. The first-order valence-corrected chi connectivity index (χ1v) is 13.3. The van der Waals surface area contributed by atoms with Crippen molar-refractivity contribution in [3.8, 4) is 10.7 Å². The van der Waals surface area contributed by atoms with Crippen LogP contribution in [0, 0.1) is 19.8 Å². The third-order valence-corrected chi connectivity index (χ3v) is 8.93. The lowest BCUT2D eigenvalue weighted by Gasteiger charge is -2.30. The topological polar surface area (TPSA) is 97.2 Å². The number of thiazole rings is 1. The molecule has 1 amide bonds. The molecule has 1 aliphatic rings. The van der Waals surface area contributed by atoms with Crippen molar-refractivity contribution in [2.24, 2.45) is 13.0 Å². The van der Waals surface area contributed by atoms with Crippen LogP contribution in [0.1, 0.15) is 46.4 Å². The Bertz CT molecular complexity index is 1260. The van der Waals surface area contributed by atoms with Gasteiger partial charge in [0.25, 0.3) is 5.91 Å². The van der Waals surface area contributed by atoms with Gasteiger partial charge in [-0.05, 0) is 50.3 Å². The summed E-state index contributed by atoms with van der Waals surface area (Å²) >= 11 is 1.33. The van der Waals surface area contributed by atoms with Crippen LogP contribution in [0.15, 0.2) is 35.5 Å². The molecule has 1 fully saturated rings. The molecular weight excluding hydrogens is 458 g/mol. The van der Waals surface area contributed by atoms with Crippen molar-refractivity contribution >= 4 is 27.3 Å². The van der Waals surface area contributed by atoms with Crippen LogP contribution in [-0.4, -0.2) is 46.8 Å². The maximum absolute atomic E-state index is 13.1. The number of piperidine rings is 1. The fourth-order valence-electron chi connectivity index (χ4n) is 3.97. The first-order chi connectivity index (χ1) is 15.7. The lowest BCUT2D eigenvalue weighted by Crippen LogP contribution is -2.37. The Kier molecular flexibility index (Phi) is 6.69. The lowest BCUT2D eigenvalue weighted by atomic mass is 9.99. The number of hydrogen-bond acceptors (Lipinski definition) is 6. The van der Waals surface area contributed by atoms with Crippen LogP contribution in [0.3, 0.4) is 0 Å². The molecule has 176 valence electrons. The van der Waals surface area contributed by atoms with Gasteiger partial charge in [0.2, 0.25) is 10.0 Å². The third kappa shape index (κ3) is 4.87. The molecule has 3 aromatic heterocycles. The number of rotatable bonds is 6. The number of aryl methyl sites for hydroxylation is 1. The molecule has 4 heterocycles. The van der Waals surface area contributed by atoms with E-state index in [1.807, 2.05) is 29.5 Å². The van der Waals surface area contributed by atoms with Gasteiger partial charge in [-0.1, -0.05) is 13.0 Å². The van der Waals surface area contributed by atoms with Crippen LogP contribution in [0.4, 0.5) is 0 Å². The summed E-state index contributed by atoms with van der Waals surface area (Å²) in [5, 5.41) is 0.639. The zero-order chi connectivity index (χ0) is 23.8. The number of aromatic nitrogens is 3. The SMILES string of the molecule is Cc1nc(-c2cc(S(=O)(=O)NCc3cccnc3)c(C)n2C)sc1C(=O)N1CCC(C)CC1. The summed E-state index contributed by atoms with van der Waals surface area (Å²) in [7, 11) is -1.92. The first kappa shape index (κ1) is 23.6. The highest BCUT2D eigenvalue weighted by molar-refractivity contribution is 7.89. The van der Waals surface area contributed by atoms with Gasteiger partial charge in [-0.3, -0.25) is 9.78 Å². The van der Waals surface area contributed by atoms with Gasteiger partial charge in [-0.15, -0.1) is 11.3 Å². The number of amides is 1. The van der Waals surface area contributed by atoms with E-state index in [1.165, 1.54) is 11.3 Å². The van der Waals surface area contributed by atoms with E-state index >= 15 is 0 Å². The standard InChI is InChI=1S/C23H29N5O3S2/c1-15-7-10-28(11-8-15)23(29)21-16(2)26-22(32-21)19-12-20(17(3)27(19)4)33(30,31)25-14-18-6-5-9-24-13-18/h5-6,9,12-13,15,25H,7-8,10-11,14H2,1-4H3. The Morgan fingerprint density at radius 1 is 1.27 bits per heavy atom. The summed E-state index contributed by atoms with van der Waals surface area (Å²) in [5.41, 5.74) is 2.74. The Labute approximate surface area is 198 Å². The Balaban J connectivity index is 1.59. The largest absolute Gasteiger partial charge is 0.345 e. The minimum absolute atomic E-state index is 0.0139. The van der Waals surface area contributed by atoms with Crippen LogP contribution in [0.5, 0.6) is 0 Å². The van der Waals surface area contributed by atoms with Crippen LogP contribution in [0.2, 0.25) is 0 Å². The minimum Gasteiger partial charge on any atom is -0.345 e. The summed E-state index contributed by atoms with van der Waals surface area (Å²) in [6, 6.07) is 5.22. The van der Waals surface area contributed by atoms with E-state index in [0.29, 0.717) is 32.9 Å². The maximum Gasteiger partial charge on any atom is 0.265 e. The highest BCUT2D eigenvalue weighted by atomic mass is 32.2. The van der Waals surface area contributed by atoms with Crippen molar-refractivity contribution in [3.05, 3.63) is 52.4 Å². The number of nitrogens with zero attached hydrogens (tertiary/aromatic N) is 4. The maximum atomic E-state index is 13.1. The highest BCUT2D eigenvalue weighted by Crippen LogP contribution is 2.33. The van der Waals surface area contributed by atoms with Gasteiger partial charge < -0.3 is 9.47 Å². The summed E-state index contributed by atoms with van der Waals surface area (Å²) in [4.78, 5) is 24.5. The van der Waals surface area contributed by atoms with E-state index in [2.05, 4.69) is 21.6 Å². The van der Waals surface area contributed by atoms with Crippen LogP contribution < -0.4 is 4.72 Å². The van der Waals surface area contributed by atoms with E-state index in [-0.39, 0.29) is 17.3 Å².